The van der Waals surface area contributed by atoms with E-state index in [2.05, 4.69) is 52.0 Å². The third kappa shape index (κ3) is 3.49. The Morgan fingerprint density at radius 3 is 2.52 bits per heavy atom. The molecular weight excluding hydrogens is 330 g/mol. The summed E-state index contributed by atoms with van der Waals surface area (Å²) in [5, 5.41) is 15.8. The zero-order valence-corrected chi connectivity index (χ0v) is 14.6. The maximum atomic E-state index is 4.70. The van der Waals surface area contributed by atoms with Crippen molar-refractivity contribution in [3.63, 3.8) is 0 Å². The van der Waals surface area contributed by atoms with Crippen molar-refractivity contribution < 1.29 is 0 Å². The van der Waals surface area contributed by atoms with Gasteiger partial charge in [0, 0.05) is 16.5 Å². The number of tetrazole rings is 1. The van der Waals surface area contributed by atoms with Gasteiger partial charge < -0.3 is 0 Å². The van der Waals surface area contributed by atoms with Crippen molar-refractivity contribution in [2.75, 3.05) is 0 Å². The number of aromatic nitrogens is 5. The summed E-state index contributed by atoms with van der Waals surface area (Å²) in [6.45, 7) is 2.68. The van der Waals surface area contributed by atoms with Crippen LogP contribution in [0.25, 0.3) is 22.0 Å². The Morgan fingerprint density at radius 1 is 0.960 bits per heavy atom. The highest BCUT2D eigenvalue weighted by Crippen LogP contribution is 2.24. The molecule has 2 aromatic carbocycles. The van der Waals surface area contributed by atoms with E-state index in [-0.39, 0.29) is 0 Å². The Kier molecular flexibility index (Phi) is 4.35. The molecule has 0 spiro atoms. The molecule has 0 amide bonds. The summed E-state index contributed by atoms with van der Waals surface area (Å²) in [6.07, 6.45) is 1.05. The molecule has 124 valence electrons. The van der Waals surface area contributed by atoms with Gasteiger partial charge >= 0.3 is 0 Å². The van der Waals surface area contributed by atoms with Gasteiger partial charge in [-0.05, 0) is 17.2 Å². The SMILES string of the molecule is CCc1ccc(-c2nc(Cn3nnc(-c4ccccc4)n3)cs2)cc1. The minimum absolute atomic E-state index is 0.517. The van der Waals surface area contributed by atoms with Crippen LogP contribution >= 0.6 is 11.3 Å². The standard InChI is InChI=1S/C19H17N5S/c1-2-14-8-10-16(11-9-14)19-20-17(13-25-19)12-24-22-18(21-23-24)15-6-4-3-5-7-15/h3-11,13H,2,12H2,1H3. The summed E-state index contributed by atoms with van der Waals surface area (Å²) in [5.41, 5.74) is 4.38. The maximum absolute atomic E-state index is 4.70. The van der Waals surface area contributed by atoms with E-state index in [1.54, 1.807) is 16.1 Å². The molecule has 0 atom stereocenters. The quantitative estimate of drug-likeness (QED) is 0.546. The molecule has 6 heteroatoms. The van der Waals surface area contributed by atoms with Crippen LogP contribution in [-0.4, -0.2) is 25.2 Å². The van der Waals surface area contributed by atoms with Gasteiger partial charge in [-0.15, -0.1) is 21.5 Å². The highest BCUT2D eigenvalue weighted by Gasteiger charge is 2.09. The fourth-order valence-electron chi connectivity index (χ4n) is 2.55. The number of rotatable bonds is 5. The van der Waals surface area contributed by atoms with Gasteiger partial charge in [0.15, 0.2) is 0 Å². The van der Waals surface area contributed by atoms with E-state index in [1.165, 1.54) is 5.56 Å². The second-order valence-corrected chi connectivity index (χ2v) is 6.56. The third-order valence-corrected chi connectivity index (χ3v) is 4.89. The minimum Gasteiger partial charge on any atom is -0.239 e. The lowest BCUT2D eigenvalue weighted by Gasteiger charge is -1.99. The Labute approximate surface area is 150 Å². The number of thiazole rings is 1. The van der Waals surface area contributed by atoms with E-state index in [4.69, 9.17) is 4.98 Å². The molecule has 0 aliphatic rings. The normalized spacial score (nSPS) is 10.9. The molecule has 0 aliphatic carbocycles. The fraction of sp³-hybridized carbons (Fsp3) is 0.158. The lowest BCUT2D eigenvalue weighted by Crippen LogP contribution is -2.04. The van der Waals surface area contributed by atoms with E-state index in [9.17, 15) is 0 Å². The maximum Gasteiger partial charge on any atom is 0.204 e. The Hall–Kier alpha value is -2.86. The average Bonchev–Trinajstić information content (AvgIpc) is 3.33. The first kappa shape index (κ1) is 15.7. The molecule has 25 heavy (non-hydrogen) atoms. The molecule has 0 saturated carbocycles. The summed E-state index contributed by atoms with van der Waals surface area (Å²) in [7, 11) is 0. The molecule has 0 bridgehead atoms. The van der Waals surface area contributed by atoms with Crippen molar-refractivity contribution >= 4 is 11.3 Å². The van der Waals surface area contributed by atoms with Gasteiger partial charge in [0.05, 0.1) is 5.69 Å². The van der Waals surface area contributed by atoms with E-state index in [0.29, 0.717) is 12.4 Å². The van der Waals surface area contributed by atoms with Crippen LogP contribution in [0.3, 0.4) is 0 Å². The van der Waals surface area contributed by atoms with Gasteiger partial charge in [0.2, 0.25) is 5.82 Å². The predicted octanol–water partition coefficient (Wildman–Crippen LogP) is 4.07. The number of hydrogen-bond donors (Lipinski definition) is 0. The topological polar surface area (TPSA) is 56.5 Å². The Balaban J connectivity index is 1.50. The van der Waals surface area contributed by atoms with Crippen LogP contribution < -0.4 is 0 Å². The number of benzene rings is 2. The van der Waals surface area contributed by atoms with E-state index in [1.807, 2.05) is 30.3 Å². The van der Waals surface area contributed by atoms with Gasteiger partial charge in [-0.2, -0.15) is 4.80 Å². The molecule has 0 N–H and O–H groups in total. The zero-order valence-electron chi connectivity index (χ0n) is 13.8. The lowest BCUT2D eigenvalue weighted by molar-refractivity contribution is 0.566. The van der Waals surface area contributed by atoms with E-state index < -0.39 is 0 Å². The van der Waals surface area contributed by atoms with Gasteiger partial charge in [-0.3, -0.25) is 0 Å². The monoisotopic (exact) mass is 347 g/mol. The molecule has 0 radical (unpaired) electrons. The first-order chi connectivity index (χ1) is 12.3. The van der Waals surface area contributed by atoms with Crippen LogP contribution in [0.2, 0.25) is 0 Å². The Bertz CT molecular complexity index is 957. The van der Waals surface area contributed by atoms with Gasteiger partial charge in [-0.1, -0.05) is 61.5 Å². The van der Waals surface area contributed by atoms with Gasteiger partial charge in [-0.25, -0.2) is 4.98 Å². The second kappa shape index (κ2) is 6.94. The minimum atomic E-state index is 0.517. The summed E-state index contributed by atoms with van der Waals surface area (Å²) in [4.78, 5) is 6.29. The summed E-state index contributed by atoms with van der Waals surface area (Å²) >= 11 is 1.64. The van der Waals surface area contributed by atoms with Crippen LogP contribution in [-0.2, 0) is 13.0 Å². The van der Waals surface area contributed by atoms with Crippen LogP contribution in [0.15, 0.2) is 60.0 Å². The van der Waals surface area contributed by atoms with Crippen molar-refractivity contribution in [2.24, 2.45) is 0 Å². The molecule has 0 fully saturated rings. The first-order valence-electron chi connectivity index (χ1n) is 8.19. The summed E-state index contributed by atoms with van der Waals surface area (Å²) in [5.74, 6) is 0.631. The van der Waals surface area contributed by atoms with Gasteiger partial charge in [0.1, 0.15) is 11.6 Å². The van der Waals surface area contributed by atoms with E-state index >= 15 is 0 Å². The van der Waals surface area contributed by atoms with Crippen molar-refractivity contribution in [3.05, 3.63) is 71.2 Å². The van der Waals surface area contributed by atoms with Crippen molar-refractivity contribution in [1.82, 2.24) is 25.2 Å². The number of hydrogen-bond acceptors (Lipinski definition) is 5. The fourth-order valence-corrected chi connectivity index (χ4v) is 3.37. The zero-order chi connectivity index (χ0) is 17.1. The van der Waals surface area contributed by atoms with E-state index in [0.717, 1.165) is 28.2 Å². The summed E-state index contributed by atoms with van der Waals surface area (Å²) < 4.78 is 0. The molecule has 4 rings (SSSR count). The average molecular weight is 347 g/mol. The molecule has 2 aromatic heterocycles. The highest BCUT2D eigenvalue weighted by atomic mass is 32.1. The third-order valence-electron chi connectivity index (χ3n) is 3.95. The molecule has 2 heterocycles. The Morgan fingerprint density at radius 2 is 1.76 bits per heavy atom. The van der Waals surface area contributed by atoms with Gasteiger partial charge in [0.25, 0.3) is 0 Å². The second-order valence-electron chi connectivity index (χ2n) is 5.70. The smallest absolute Gasteiger partial charge is 0.204 e. The van der Waals surface area contributed by atoms with Crippen molar-refractivity contribution in [2.45, 2.75) is 19.9 Å². The molecule has 0 saturated heterocycles. The summed E-state index contributed by atoms with van der Waals surface area (Å²) in [6, 6.07) is 18.4. The molecule has 4 aromatic rings. The first-order valence-corrected chi connectivity index (χ1v) is 9.07. The van der Waals surface area contributed by atoms with Crippen molar-refractivity contribution in [3.8, 4) is 22.0 Å². The van der Waals surface area contributed by atoms with Crippen LogP contribution in [0.1, 0.15) is 18.2 Å². The predicted molar refractivity (Wildman–Crippen MR) is 99.3 cm³/mol. The van der Waals surface area contributed by atoms with Crippen LogP contribution in [0.5, 0.6) is 0 Å². The molecule has 5 nitrogen and oxygen atoms in total. The van der Waals surface area contributed by atoms with Crippen LogP contribution in [0, 0.1) is 0 Å². The number of nitrogens with zero attached hydrogens (tertiary/aromatic N) is 5. The molecule has 0 unspecified atom stereocenters. The molecular formula is C19H17N5S. The van der Waals surface area contributed by atoms with Crippen LogP contribution in [0.4, 0.5) is 0 Å². The highest BCUT2D eigenvalue weighted by molar-refractivity contribution is 7.13. The largest absolute Gasteiger partial charge is 0.239 e. The molecule has 0 aliphatic heterocycles. The van der Waals surface area contributed by atoms with Crippen molar-refractivity contribution in [1.29, 1.82) is 0 Å². The number of aryl methyl sites for hydroxylation is 1. The lowest BCUT2D eigenvalue weighted by atomic mass is 10.1.